The number of amides is 1. The number of rotatable bonds is 8. The van der Waals surface area contributed by atoms with Crippen molar-refractivity contribution in [3.8, 4) is 17.1 Å². The van der Waals surface area contributed by atoms with Gasteiger partial charge in [0.2, 0.25) is 0 Å². The molecule has 4 aromatic carbocycles. The van der Waals surface area contributed by atoms with Gasteiger partial charge >= 0.3 is 0 Å². The molecule has 7 rings (SSSR count). The topological polar surface area (TPSA) is 99.3 Å². The summed E-state index contributed by atoms with van der Waals surface area (Å²) in [6.45, 7) is 11.9. The van der Waals surface area contributed by atoms with Crippen LogP contribution in [0.15, 0.2) is 97.2 Å². The lowest BCUT2D eigenvalue weighted by Gasteiger charge is -2.36. The molecule has 3 heterocycles. The van der Waals surface area contributed by atoms with Crippen molar-refractivity contribution in [2.24, 2.45) is 0 Å². The molecule has 9 heteroatoms. The third-order valence-electron chi connectivity index (χ3n) is 8.70. The fourth-order valence-electron chi connectivity index (χ4n) is 5.94. The molecule has 238 valence electrons. The Morgan fingerprint density at radius 1 is 0.851 bits per heavy atom. The smallest absolute Gasteiger partial charge is 0.275 e. The highest BCUT2D eigenvalue weighted by Crippen LogP contribution is 2.30. The molecular formula is C38H39N7O2. The zero-order chi connectivity index (χ0) is 32.4. The highest BCUT2D eigenvalue weighted by molar-refractivity contribution is 6.03. The van der Waals surface area contributed by atoms with Crippen LogP contribution in [0.3, 0.4) is 0 Å². The first-order valence-electron chi connectivity index (χ1n) is 16.1. The Balaban J connectivity index is 0.898. The lowest BCUT2D eigenvalue weighted by atomic mass is 9.87. The van der Waals surface area contributed by atoms with E-state index in [4.69, 9.17) is 9.72 Å². The van der Waals surface area contributed by atoms with Gasteiger partial charge in [-0.3, -0.25) is 14.7 Å². The summed E-state index contributed by atoms with van der Waals surface area (Å²) < 4.78 is 6.04. The molecule has 0 spiro atoms. The molecule has 0 bridgehead atoms. The first-order chi connectivity index (χ1) is 22.8. The zero-order valence-corrected chi connectivity index (χ0v) is 27.0. The molecule has 0 atom stereocenters. The van der Waals surface area contributed by atoms with Gasteiger partial charge in [0.05, 0.1) is 28.4 Å². The maximum absolute atomic E-state index is 12.7. The third kappa shape index (κ3) is 6.80. The Morgan fingerprint density at radius 2 is 1.60 bits per heavy atom. The summed E-state index contributed by atoms with van der Waals surface area (Å²) in [7, 11) is 0. The van der Waals surface area contributed by atoms with Crippen LogP contribution in [0.25, 0.3) is 33.5 Å². The number of carbonyl (C=O) groups is 1. The summed E-state index contributed by atoms with van der Waals surface area (Å²) in [5, 5.41) is 2.89. The van der Waals surface area contributed by atoms with Crippen molar-refractivity contribution in [1.29, 1.82) is 0 Å². The maximum atomic E-state index is 12.7. The molecular weight excluding hydrogens is 586 g/mol. The standard InChI is InChI=1S/C38H39N7O2/c1-38(2,3)27-13-11-26(12-14-27)36-42-32-9-6-10-34(35(32)43-36)45-21-19-44(20-22-45)23-24-47-29-17-15-28(16-18-29)40-37(46)33-25-39-30-7-4-5-8-31(30)41-33/h4-18,25H,19-24H2,1-3H3,(H,40,46)(H,42,43). The van der Waals surface area contributed by atoms with E-state index in [0.717, 1.165) is 66.4 Å². The van der Waals surface area contributed by atoms with Crippen molar-refractivity contribution in [3.05, 3.63) is 108 Å². The number of nitrogens with one attached hydrogen (secondary N) is 2. The van der Waals surface area contributed by atoms with Crippen molar-refractivity contribution in [3.63, 3.8) is 0 Å². The number of piperazine rings is 1. The zero-order valence-electron chi connectivity index (χ0n) is 27.0. The summed E-state index contributed by atoms with van der Waals surface area (Å²) in [6, 6.07) is 30.0. The number of nitrogens with zero attached hydrogens (tertiary/aromatic N) is 5. The number of fused-ring (bicyclic) bond motifs is 2. The van der Waals surface area contributed by atoms with Gasteiger partial charge in [-0.05, 0) is 59.5 Å². The van der Waals surface area contributed by atoms with Gasteiger partial charge in [-0.1, -0.05) is 63.2 Å². The first-order valence-corrected chi connectivity index (χ1v) is 16.1. The van der Waals surface area contributed by atoms with Crippen LogP contribution in [0.5, 0.6) is 5.75 Å². The second-order valence-corrected chi connectivity index (χ2v) is 13.0. The quantitative estimate of drug-likeness (QED) is 0.189. The lowest BCUT2D eigenvalue weighted by molar-refractivity contribution is 0.102. The van der Waals surface area contributed by atoms with Crippen molar-refractivity contribution >= 4 is 39.3 Å². The first kappa shape index (κ1) is 30.4. The Labute approximate surface area is 274 Å². The van der Waals surface area contributed by atoms with Gasteiger partial charge in [0.15, 0.2) is 0 Å². The van der Waals surface area contributed by atoms with E-state index in [1.807, 2.05) is 48.5 Å². The molecule has 6 aromatic rings. The number of benzene rings is 4. The summed E-state index contributed by atoms with van der Waals surface area (Å²) in [5.41, 5.74) is 8.17. The minimum Gasteiger partial charge on any atom is -0.492 e. The molecule has 0 unspecified atom stereocenters. The van der Waals surface area contributed by atoms with Crippen LogP contribution in [-0.4, -0.2) is 70.1 Å². The minimum absolute atomic E-state index is 0.121. The molecule has 9 nitrogen and oxygen atoms in total. The van der Waals surface area contributed by atoms with Crippen molar-refractivity contribution in [1.82, 2.24) is 24.8 Å². The fraction of sp³-hybridized carbons (Fsp3) is 0.263. The van der Waals surface area contributed by atoms with Crippen LogP contribution in [0, 0.1) is 0 Å². The molecule has 1 fully saturated rings. The van der Waals surface area contributed by atoms with Gasteiger partial charge < -0.3 is 19.9 Å². The number of anilines is 2. The van der Waals surface area contributed by atoms with Gasteiger partial charge in [-0.25, -0.2) is 9.97 Å². The predicted octanol–water partition coefficient (Wildman–Crippen LogP) is 6.92. The second kappa shape index (κ2) is 12.8. The van der Waals surface area contributed by atoms with Crippen LogP contribution in [0.1, 0.15) is 36.8 Å². The van der Waals surface area contributed by atoms with E-state index in [-0.39, 0.29) is 17.0 Å². The lowest BCUT2D eigenvalue weighted by Crippen LogP contribution is -2.47. The molecule has 1 aliphatic heterocycles. The number of hydrogen-bond donors (Lipinski definition) is 2. The SMILES string of the molecule is CC(C)(C)c1ccc(-c2nc3c(N4CCN(CCOc5ccc(NC(=O)c6cnc7ccccc7n6)cc5)CC4)cccc3[nH]2)cc1. The van der Waals surface area contributed by atoms with Gasteiger partial charge in [-0.2, -0.15) is 0 Å². The van der Waals surface area contributed by atoms with E-state index in [1.54, 1.807) is 0 Å². The maximum Gasteiger partial charge on any atom is 0.275 e. The average molecular weight is 626 g/mol. The number of ether oxygens (including phenoxy) is 1. The second-order valence-electron chi connectivity index (χ2n) is 13.0. The van der Waals surface area contributed by atoms with Crippen LogP contribution in [-0.2, 0) is 5.41 Å². The number of para-hydroxylation sites is 3. The van der Waals surface area contributed by atoms with Crippen molar-refractivity contribution in [2.45, 2.75) is 26.2 Å². The summed E-state index contributed by atoms with van der Waals surface area (Å²) >= 11 is 0. The number of imidazole rings is 1. The molecule has 1 saturated heterocycles. The van der Waals surface area contributed by atoms with Crippen LogP contribution < -0.4 is 15.0 Å². The number of aromatic amines is 1. The molecule has 1 aliphatic rings. The van der Waals surface area contributed by atoms with E-state index < -0.39 is 0 Å². The Kier molecular flexibility index (Phi) is 8.30. The summed E-state index contributed by atoms with van der Waals surface area (Å²) in [5.74, 6) is 1.37. The van der Waals surface area contributed by atoms with Gasteiger partial charge in [0, 0.05) is 44.0 Å². The molecule has 2 N–H and O–H groups in total. The molecule has 1 amide bonds. The molecule has 0 radical (unpaired) electrons. The Morgan fingerprint density at radius 3 is 2.34 bits per heavy atom. The van der Waals surface area contributed by atoms with Crippen LogP contribution in [0.4, 0.5) is 11.4 Å². The Hall–Kier alpha value is -5.28. The van der Waals surface area contributed by atoms with Crippen molar-refractivity contribution < 1.29 is 9.53 Å². The largest absolute Gasteiger partial charge is 0.492 e. The monoisotopic (exact) mass is 625 g/mol. The van der Waals surface area contributed by atoms with E-state index in [2.05, 4.69) is 93.3 Å². The predicted molar refractivity (Wildman–Crippen MR) is 188 cm³/mol. The van der Waals surface area contributed by atoms with Crippen LogP contribution >= 0.6 is 0 Å². The minimum atomic E-state index is -0.300. The van der Waals surface area contributed by atoms with Gasteiger partial charge in [-0.15, -0.1) is 0 Å². The molecule has 0 saturated carbocycles. The Bertz CT molecular complexity index is 2010. The van der Waals surface area contributed by atoms with E-state index >= 15 is 0 Å². The normalized spacial score (nSPS) is 14.1. The molecule has 47 heavy (non-hydrogen) atoms. The third-order valence-corrected chi connectivity index (χ3v) is 8.70. The summed E-state index contributed by atoms with van der Waals surface area (Å²) in [4.78, 5) is 34.9. The molecule has 2 aromatic heterocycles. The van der Waals surface area contributed by atoms with Gasteiger partial charge in [0.25, 0.3) is 5.91 Å². The van der Waals surface area contributed by atoms with Crippen LogP contribution in [0.2, 0.25) is 0 Å². The van der Waals surface area contributed by atoms with E-state index in [9.17, 15) is 4.79 Å². The van der Waals surface area contributed by atoms with E-state index in [0.29, 0.717) is 17.8 Å². The highest BCUT2D eigenvalue weighted by Gasteiger charge is 2.21. The van der Waals surface area contributed by atoms with Crippen molar-refractivity contribution in [2.75, 3.05) is 49.5 Å². The summed E-state index contributed by atoms with van der Waals surface area (Å²) in [6.07, 6.45) is 1.50. The number of aromatic nitrogens is 4. The number of hydrogen-bond acceptors (Lipinski definition) is 7. The highest BCUT2D eigenvalue weighted by atomic mass is 16.5. The average Bonchev–Trinajstić information content (AvgIpc) is 3.54. The number of H-pyrrole nitrogens is 1. The number of carbonyl (C=O) groups excluding carboxylic acids is 1. The van der Waals surface area contributed by atoms with Gasteiger partial charge in [0.1, 0.15) is 29.4 Å². The van der Waals surface area contributed by atoms with E-state index in [1.165, 1.54) is 17.4 Å². The fourth-order valence-corrected chi connectivity index (χ4v) is 5.94. The molecule has 0 aliphatic carbocycles.